The minimum absolute atomic E-state index is 0.00855. The molecule has 1 aliphatic rings. The lowest BCUT2D eigenvalue weighted by Gasteiger charge is -2.32. The molecule has 1 fully saturated rings. The van der Waals surface area contributed by atoms with Gasteiger partial charge >= 0.3 is 0 Å². The minimum Gasteiger partial charge on any atom is -0.336 e. The number of aryl methyl sites for hydroxylation is 1. The van der Waals surface area contributed by atoms with Crippen molar-refractivity contribution in [2.75, 3.05) is 13.1 Å². The summed E-state index contributed by atoms with van der Waals surface area (Å²) < 4.78 is 16.9. The van der Waals surface area contributed by atoms with E-state index in [0.717, 1.165) is 24.1 Å². The van der Waals surface area contributed by atoms with Crippen LogP contribution in [0.15, 0.2) is 24.4 Å². The lowest BCUT2D eigenvalue weighted by Crippen LogP contribution is -2.41. The molecule has 2 aromatic heterocycles. The number of likely N-dealkylation sites (tertiary alicyclic amines) is 1. The molecule has 8 heteroatoms. The number of amides is 1. The maximum Gasteiger partial charge on any atom is 0.257 e. The van der Waals surface area contributed by atoms with Crippen LogP contribution in [0.1, 0.15) is 34.9 Å². The first-order chi connectivity index (χ1) is 12.0. The molecule has 0 saturated carbocycles. The maximum atomic E-state index is 13.3. The Kier molecular flexibility index (Phi) is 3.74. The number of piperidine rings is 1. The molecule has 1 aliphatic heterocycles. The zero-order valence-corrected chi connectivity index (χ0v) is 14.2. The van der Waals surface area contributed by atoms with Gasteiger partial charge in [-0.1, -0.05) is 5.21 Å². The van der Waals surface area contributed by atoms with Crippen molar-refractivity contribution >= 4 is 16.9 Å². The smallest absolute Gasteiger partial charge is 0.257 e. The summed E-state index contributed by atoms with van der Waals surface area (Å²) in [5.41, 5.74) is 2.81. The van der Waals surface area contributed by atoms with Crippen molar-refractivity contribution in [3.63, 3.8) is 0 Å². The van der Waals surface area contributed by atoms with E-state index >= 15 is 0 Å². The van der Waals surface area contributed by atoms with Gasteiger partial charge in [-0.05, 0) is 31.9 Å². The van der Waals surface area contributed by atoms with Gasteiger partial charge in [0.2, 0.25) is 0 Å². The second-order valence-corrected chi connectivity index (χ2v) is 6.48. The Bertz CT molecular complexity index is 946. The largest absolute Gasteiger partial charge is 0.336 e. The third-order valence-electron chi connectivity index (χ3n) is 4.93. The average molecular weight is 342 g/mol. The third-order valence-corrected chi connectivity index (χ3v) is 4.93. The predicted molar refractivity (Wildman–Crippen MR) is 89.6 cm³/mol. The molecule has 1 aromatic carbocycles. The van der Waals surface area contributed by atoms with Crippen LogP contribution in [0, 0.1) is 12.7 Å². The van der Waals surface area contributed by atoms with E-state index in [1.807, 2.05) is 23.6 Å². The Hall–Kier alpha value is -2.77. The molecular formula is C17H19FN6O. The highest BCUT2D eigenvalue weighted by atomic mass is 19.1. The van der Waals surface area contributed by atoms with Crippen LogP contribution in [0.5, 0.6) is 0 Å². The first kappa shape index (κ1) is 15.7. The van der Waals surface area contributed by atoms with Crippen LogP contribution in [0.2, 0.25) is 0 Å². The van der Waals surface area contributed by atoms with E-state index in [-0.39, 0.29) is 17.8 Å². The lowest BCUT2D eigenvalue weighted by atomic mass is 10.0. The summed E-state index contributed by atoms with van der Waals surface area (Å²) in [6, 6.07) is 4.51. The molecule has 0 unspecified atom stereocenters. The molecule has 0 radical (unpaired) electrons. The van der Waals surface area contributed by atoms with Crippen LogP contribution < -0.4 is 0 Å². The topological polar surface area (TPSA) is 68.8 Å². The van der Waals surface area contributed by atoms with E-state index in [4.69, 9.17) is 0 Å². The van der Waals surface area contributed by atoms with Crippen LogP contribution >= 0.6 is 0 Å². The van der Waals surface area contributed by atoms with Gasteiger partial charge in [-0.15, -0.1) is 5.10 Å². The highest BCUT2D eigenvalue weighted by Crippen LogP contribution is 2.26. The van der Waals surface area contributed by atoms with Gasteiger partial charge in [-0.3, -0.25) is 9.48 Å². The molecule has 25 heavy (non-hydrogen) atoms. The summed E-state index contributed by atoms with van der Waals surface area (Å²) in [5, 5.41) is 12.4. The van der Waals surface area contributed by atoms with E-state index in [0.29, 0.717) is 24.2 Å². The second kappa shape index (κ2) is 5.94. The number of halogens is 1. The second-order valence-electron chi connectivity index (χ2n) is 6.48. The van der Waals surface area contributed by atoms with Crippen LogP contribution in [-0.2, 0) is 7.05 Å². The zero-order chi connectivity index (χ0) is 17.6. The van der Waals surface area contributed by atoms with Crippen molar-refractivity contribution in [2.45, 2.75) is 25.8 Å². The van der Waals surface area contributed by atoms with Crippen LogP contribution in [0.4, 0.5) is 4.39 Å². The predicted octanol–water partition coefficient (Wildman–Crippen LogP) is 2.09. The molecule has 0 aliphatic carbocycles. The number of hydrogen-bond acceptors (Lipinski definition) is 4. The number of carbonyl (C=O) groups is 1. The standard InChI is InChI=1S/C17H19FN6O/c1-11-14(9-19-22(11)2)17(25)23-7-3-4-13(10-23)24-16-6-5-12(18)8-15(16)20-21-24/h5-6,8-9,13H,3-4,7,10H2,1-2H3/t13-/m0/s1. The number of carbonyl (C=O) groups excluding carboxylic acids is 1. The SMILES string of the molecule is Cc1c(C(=O)N2CCC[C@H](n3nnc4cc(F)ccc43)C2)cnn1C. The van der Waals surface area contributed by atoms with Gasteiger partial charge in [0.1, 0.15) is 11.3 Å². The Morgan fingerprint density at radius 3 is 2.96 bits per heavy atom. The molecule has 3 heterocycles. The van der Waals surface area contributed by atoms with E-state index in [9.17, 15) is 9.18 Å². The summed E-state index contributed by atoms with van der Waals surface area (Å²) in [7, 11) is 1.83. The summed E-state index contributed by atoms with van der Waals surface area (Å²) in [4.78, 5) is 14.7. The van der Waals surface area contributed by atoms with Gasteiger partial charge in [-0.25, -0.2) is 9.07 Å². The van der Waals surface area contributed by atoms with E-state index in [1.54, 1.807) is 16.9 Å². The molecule has 130 valence electrons. The summed E-state index contributed by atoms with van der Waals surface area (Å²) in [5.74, 6) is -0.335. The van der Waals surface area contributed by atoms with Crippen molar-refractivity contribution in [1.82, 2.24) is 29.7 Å². The fraction of sp³-hybridized carbons (Fsp3) is 0.412. The number of benzene rings is 1. The van der Waals surface area contributed by atoms with Gasteiger partial charge in [0.15, 0.2) is 0 Å². The van der Waals surface area contributed by atoms with Gasteiger partial charge in [0, 0.05) is 31.9 Å². The Labute approximate surface area is 144 Å². The van der Waals surface area contributed by atoms with Crippen molar-refractivity contribution in [1.29, 1.82) is 0 Å². The normalized spacial score (nSPS) is 18.0. The van der Waals surface area contributed by atoms with E-state index in [1.165, 1.54) is 12.1 Å². The Morgan fingerprint density at radius 1 is 1.36 bits per heavy atom. The summed E-state index contributed by atoms with van der Waals surface area (Å²) >= 11 is 0. The first-order valence-corrected chi connectivity index (χ1v) is 8.33. The lowest BCUT2D eigenvalue weighted by molar-refractivity contribution is 0.0673. The van der Waals surface area contributed by atoms with Crippen LogP contribution in [-0.4, -0.2) is 48.7 Å². The molecule has 0 N–H and O–H groups in total. The van der Waals surface area contributed by atoms with Crippen LogP contribution in [0.25, 0.3) is 11.0 Å². The van der Waals surface area contributed by atoms with Gasteiger partial charge in [-0.2, -0.15) is 5.10 Å². The molecular weight excluding hydrogens is 323 g/mol. The Balaban J connectivity index is 1.60. The number of rotatable bonds is 2. The quantitative estimate of drug-likeness (QED) is 0.715. The maximum absolute atomic E-state index is 13.3. The number of hydrogen-bond donors (Lipinski definition) is 0. The van der Waals surface area contributed by atoms with E-state index < -0.39 is 0 Å². The number of nitrogens with zero attached hydrogens (tertiary/aromatic N) is 6. The third kappa shape index (κ3) is 2.67. The van der Waals surface area contributed by atoms with Crippen molar-refractivity contribution in [2.24, 2.45) is 7.05 Å². The van der Waals surface area contributed by atoms with Crippen LogP contribution in [0.3, 0.4) is 0 Å². The molecule has 1 atom stereocenters. The summed E-state index contributed by atoms with van der Waals surface area (Å²) in [6.07, 6.45) is 3.42. The van der Waals surface area contributed by atoms with Crippen molar-refractivity contribution in [3.05, 3.63) is 41.5 Å². The summed E-state index contributed by atoms with van der Waals surface area (Å²) in [6.45, 7) is 3.16. The van der Waals surface area contributed by atoms with E-state index in [2.05, 4.69) is 15.4 Å². The van der Waals surface area contributed by atoms with Gasteiger partial charge in [0.25, 0.3) is 5.91 Å². The molecule has 3 aromatic rings. The molecule has 1 saturated heterocycles. The molecule has 0 bridgehead atoms. The molecule has 0 spiro atoms. The van der Waals surface area contributed by atoms with Crippen molar-refractivity contribution in [3.8, 4) is 0 Å². The highest BCUT2D eigenvalue weighted by Gasteiger charge is 2.28. The highest BCUT2D eigenvalue weighted by molar-refractivity contribution is 5.95. The molecule has 1 amide bonds. The fourth-order valence-electron chi connectivity index (χ4n) is 3.40. The molecule has 4 rings (SSSR count). The zero-order valence-electron chi connectivity index (χ0n) is 14.2. The fourth-order valence-corrected chi connectivity index (χ4v) is 3.40. The van der Waals surface area contributed by atoms with Gasteiger partial charge < -0.3 is 4.90 Å². The average Bonchev–Trinajstić information content (AvgIpc) is 3.18. The van der Waals surface area contributed by atoms with Crippen molar-refractivity contribution < 1.29 is 9.18 Å². The minimum atomic E-state index is -0.327. The number of fused-ring (bicyclic) bond motifs is 1. The number of aromatic nitrogens is 5. The first-order valence-electron chi connectivity index (χ1n) is 8.33. The Morgan fingerprint density at radius 2 is 2.20 bits per heavy atom. The monoisotopic (exact) mass is 342 g/mol. The molecule has 7 nitrogen and oxygen atoms in total. The van der Waals surface area contributed by atoms with Gasteiger partial charge in [0.05, 0.1) is 23.3 Å².